The first-order chi connectivity index (χ1) is 8.19. The third-order valence-electron chi connectivity index (χ3n) is 2.28. The van der Waals surface area contributed by atoms with E-state index in [9.17, 15) is 0 Å². The lowest BCUT2D eigenvalue weighted by atomic mass is 10.3. The van der Waals surface area contributed by atoms with Gasteiger partial charge in [-0.1, -0.05) is 15.9 Å². The van der Waals surface area contributed by atoms with Gasteiger partial charge >= 0.3 is 0 Å². The van der Waals surface area contributed by atoms with Gasteiger partial charge < -0.3 is 10.1 Å². The SMILES string of the molecule is COc1ccc(Br)cc1NCc1cnc(C)s1. The van der Waals surface area contributed by atoms with Gasteiger partial charge in [-0.3, -0.25) is 0 Å². The highest BCUT2D eigenvalue weighted by Gasteiger charge is 2.04. The molecule has 2 rings (SSSR count). The summed E-state index contributed by atoms with van der Waals surface area (Å²) < 4.78 is 6.33. The molecule has 0 bridgehead atoms. The Morgan fingerprint density at radius 3 is 2.94 bits per heavy atom. The van der Waals surface area contributed by atoms with Crippen LogP contribution < -0.4 is 10.1 Å². The highest BCUT2D eigenvalue weighted by molar-refractivity contribution is 9.10. The number of ether oxygens (including phenoxy) is 1. The van der Waals surface area contributed by atoms with Crippen LogP contribution in [0.4, 0.5) is 5.69 Å². The van der Waals surface area contributed by atoms with Crippen LogP contribution in [0.5, 0.6) is 5.75 Å². The second-order valence-electron chi connectivity index (χ2n) is 3.54. The van der Waals surface area contributed by atoms with Gasteiger partial charge in [0.15, 0.2) is 0 Å². The predicted molar refractivity (Wildman–Crippen MR) is 74.9 cm³/mol. The number of nitrogens with zero attached hydrogens (tertiary/aromatic N) is 1. The standard InChI is InChI=1S/C12H13BrN2OS/c1-8-14-6-10(17-8)7-15-11-5-9(13)3-4-12(11)16-2/h3-6,15H,7H2,1-2H3. The van der Waals surface area contributed by atoms with Crippen molar-refractivity contribution in [3.63, 3.8) is 0 Å². The zero-order chi connectivity index (χ0) is 12.3. The molecule has 0 aliphatic rings. The summed E-state index contributed by atoms with van der Waals surface area (Å²) in [5, 5.41) is 4.44. The highest BCUT2D eigenvalue weighted by Crippen LogP contribution is 2.28. The largest absolute Gasteiger partial charge is 0.495 e. The van der Waals surface area contributed by atoms with Gasteiger partial charge in [-0.05, 0) is 25.1 Å². The average molecular weight is 313 g/mol. The molecule has 90 valence electrons. The van der Waals surface area contributed by atoms with E-state index in [1.54, 1.807) is 18.4 Å². The molecular formula is C12H13BrN2OS. The van der Waals surface area contributed by atoms with Crippen molar-refractivity contribution in [2.24, 2.45) is 0 Å². The first-order valence-electron chi connectivity index (χ1n) is 5.18. The molecule has 0 aliphatic heterocycles. The number of thiazole rings is 1. The van der Waals surface area contributed by atoms with Gasteiger partial charge in [0.2, 0.25) is 0 Å². The Hall–Kier alpha value is -1.07. The number of rotatable bonds is 4. The van der Waals surface area contributed by atoms with E-state index in [2.05, 4.69) is 26.2 Å². The van der Waals surface area contributed by atoms with E-state index in [0.29, 0.717) is 0 Å². The maximum atomic E-state index is 5.30. The van der Waals surface area contributed by atoms with Crippen molar-refractivity contribution in [3.05, 3.63) is 38.8 Å². The molecule has 3 nitrogen and oxygen atoms in total. The summed E-state index contributed by atoms with van der Waals surface area (Å²) in [6.07, 6.45) is 1.90. The van der Waals surface area contributed by atoms with Crippen LogP contribution in [0, 0.1) is 6.92 Å². The smallest absolute Gasteiger partial charge is 0.142 e. The minimum Gasteiger partial charge on any atom is -0.495 e. The third-order valence-corrected chi connectivity index (χ3v) is 3.69. The van der Waals surface area contributed by atoms with E-state index in [0.717, 1.165) is 27.5 Å². The van der Waals surface area contributed by atoms with Gasteiger partial charge in [0.05, 0.1) is 24.3 Å². The van der Waals surface area contributed by atoms with Gasteiger partial charge in [-0.2, -0.15) is 0 Å². The van der Waals surface area contributed by atoms with Crippen molar-refractivity contribution in [3.8, 4) is 5.75 Å². The van der Waals surface area contributed by atoms with E-state index in [-0.39, 0.29) is 0 Å². The minimum absolute atomic E-state index is 0.762. The molecule has 2 aromatic rings. The number of nitrogens with one attached hydrogen (secondary N) is 1. The topological polar surface area (TPSA) is 34.1 Å². The van der Waals surface area contributed by atoms with E-state index in [1.165, 1.54) is 4.88 Å². The molecule has 5 heteroatoms. The number of hydrogen-bond donors (Lipinski definition) is 1. The zero-order valence-electron chi connectivity index (χ0n) is 9.66. The number of aromatic nitrogens is 1. The fourth-order valence-electron chi connectivity index (χ4n) is 1.49. The average Bonchev–Trinajstić information content (AvgIpc) is 2.73. The molecule has 0 saturated heterocycles. The molecule has 1 heterocycles. The maximum absolute atomic E-state index is 5.30. The number of anilines is 1. The van der Waals surface area contributed by atoms with Crippen LogP contribution in [-0.2, 0) is 6.54 Å². The van der Waals surface area contributed by atoms with Crippen molar-refractivity contribution in [2.45, 2.75) is 13.5 Å². The lowest BCUT2D eigenvalue weighted by molar-refractivity contribution is 0.416. The molecule has 0 unspecified atom stereocenters. The van der Waals surface area contributed by atoms with Crippen LogP contribution >= 0.6 is 27.3 Å². The van der Waals surface area contributed by atoms with Crippen molar-refractivity contribution >= 4 is 33.0 Å². The van der Waals surface area contributed by atoms with Crippen LogP contribution in [0.15, 0.2) is 28.9 Å². The van der Waals surface area contributed by atoms with E-state index in [4.69, 9.17) is 4.74 Å². The van der Waals surface area contributed by atoms with Crippen LogP contribution in [0.1, 0.15) is 9.88 Å². The second-order valence-corrected chi connectivity index (χ2v) is 5.78. The second kappa shape index (κ2) is 5.51. The maximum Gasteiger partial charge on any atom is 0.142 e. The first kappa shape index (κ1) is 12.4. The van der Waals surface area contributed by atoms with Crippen LogP contribution in [-0.4, -0.2) is 12.1 Å². The van der Waals surface area contributed by atoms with Crippen LogP contribution in [0.2, 0.25) is 0 Å². The monoisotopic (exact) mass is 312 g/mol. The summed E-state index contributed by atoms with van der Waals surface area (Å²) >= 11 is 5.15. The lowest BCUT2D eigenvalue weighted by Gasteiger charge is -2.10. The van der Waals surface area contributed by atoms with E-state index >= 15 is 0 Å². The summed E-state index contributed by atoms with van der Waals surface area (Å²) in [7, 11) is 1.67. The lowest BCUT2D eigenvalue weighted by Crippen LogP contribution is -1.99. The van der Waals surface area contributed by atoms with Crippen LogP contribution in [0.25, 0.3) is 0 Å². The normalized spacial score (nSPS) is 10.3. The van der Waals surface area contributed by atoms with Gasteiger partial charge in [-0.25, -0.2) is 4.98 Å². The minimum atomic E-state index is 0.762. The molecule has 17 heavy (non-hydrogen) atoms. The van der Waals surface area contributed by atoms with Gasteiger partial charge in [-0.15, -0.1) is 11.3 Å². The van der Waals surface area contributed by atoms with Crippen molar-refractivity contribution < 1.29 is 4.74 Å². The fraction of sp³-hybridized carbons (Fsp3) is 0.250. The molecule has 0 saturated carbocycles. The van der Waals surface area contributed by atoms with Crippen molar-refractivity contribution in [1.29, 1.82) is 0 Å². The molecule has 0 fully saturated rings. The Morgan fingerprint density at radius 2 is 2.29 bits per heavy atom. The number of benzene rings is 1. The molecule has 0 aliphatic carbocycles. The summed E-state index contributed by atoms with van der Waals surface area (Å²) in [6.45, 7) is 2.77. The molecule has 1 aromatic heterocycles. The molecular weight excluding hydrogens is 300 g/mol. The Kier molecular flexibility index (Phi) is 4.02. The number of halogens is 1. The summed E-state index contributed by atoms with van der Waals surface area (Å²) in [5.41, 5.74) is 0.980. The van der Waals surface area contributed by atoms with Gasteiger partial charge in [0.1, 0.15) is 5.75 Å². The van der Waals surface area contributed by atoms with Crippen molar-refractivity contribution in [1.82, 2.24) is 4.98 Å². The predicted octanol–water partition coefficient (Wildman–Crippen LogP) is 3.83. The summed E-state index contributed by atoms with van der Waals surface area (Å²) in [6, 6.07) is 5.90. The molecule has 0 atom stereocenters. The van der Waals surface area contributed by atoms with Gasteiger partial charge in [0, 0.05) is 15.5 Å². The summed E-state index contributed by atoms with van der Waals surface area (Å²) in [5.74, 6) is 0.842. The zero-order valence-corrected chi connectivity index (χ0v) is 12.1. The quantitative estimate of drug-likeness (QED) is 0.931. The summed E-state index contributed by atoms with van der Waals surface area (Å²) in [4.78, 5) is 5.44. The fourth-order valence-corrected chi connectivity index (χ4v) is 2.58. The van der Waals surface area contributed by atoms with E-state index in [1.807, 2.05) is 31.3 Å². The molecule has 1 N–H and O–H groups in total. The molecule has 1 aromatic carbocycles. The number of methoxy groups -OCH3 is 1. The van der Waals surface area contributed by atoms with E-state index < -0.39 is 0 Å². The van der Waals surface area contributed by atoms with Gasteiger partial charge in [0.25, 0.3) is 0 Å². The Bertz CT molecular complexity index is 513. The Morgan fingerprint density at radius 1 is 1.47 bits per heavy atom. The molecule has 0 amide bonds. The van der Waals surface area contributed by atoms with Crippen molar-refractivity contribution in [2.75, 3.05) is 12.4 Å². The Balaban J connectivity index is 2.10. The molecule has 0 spiro atoms. The third kappa shape index (κ3) is 3.20. The number of hydrogen-bond acceptors (Lipinski definition) is 4. The Labute approximate surface area is 113 Å². The molecule has 0 radical (unpaired) electrons. The van der Waals surface area contributed by atoms with Crippen LogP contribution in [0.3, 0.4) is 0 Å². The number of aryl methyl sites for hydroxylation is 1. The first-order valence-corrected chi connectivity index (χ1v) is 6.78. The highest BCUT2D eigenvalue weighted by atomic mass is 79.9.